The molecule has 0 bridgehead atoms. The van der Waals surface area contributed by atoms with Crippen molar-refractivity contribution in [2.75, 3.05) is 18.0 Å². The van der Waals surface area contributed by atoms with Crippen molar-refractivity contribution < 1.29 is 19.4 Å². The third kappa shape index (κ3) is 4.29. The molecule has 2 heterocycles. The van der Waals surface area contributed by atoms with Crippen LogP contribution >= 0.6 is 11.6 Å². The lowest BCUT2D eigenvalue weighted by atomic mass is 10.0. The van der Waals surface area contributed by atoms with E-state index in [1.54, 1.807) is 20.8 Å². The highest BCUT2D eigenvalue weighted by Crippen LogP contribution is 2.33. The number of halogens is 1. The van der Waals surface area contributed by atoms with E-state index in [2.05, 4.69) is 10.3 Å². The first-order valence-corrected chi connectivity index (χ1v) is 8.02. The number of pyridine rings is 1. The van der Waals surface area contributed by atoms with Crippen LogP contribution in [0.25, 0.3) is 0 Å². The van der Waals surface area contributed by atoms with E-state index in [4.69, 9.17) is 16.3 Å². The maximum atomic E-state index is 12.0. The number of aromatic nitrogens is 1. The van der Waals surface area contributed by atoms with Gasteiger partial charge in [0.15, 0.2) is 5.15 Å². The van der Waals surface area contributed by atoms with Crippen LogP contribution in [0, 0.1) is 0 Å². The summed E-state index contributed by atoms with van der Waals surface area (Å²) >= 11 is 6.11. The minimum Gasteiger partial charge on any atom is -0.478 e. The first kappa shape index (κ1) is 18.3. The number of carbonyl (C=O) groups is 2. The van der Waals surface area contributed by atoms with Crippen molar-refractivity contribution in [3.63, 3.8) is 0 Å². The van der Waals surface area contributed by atoms with Crippen molar-refractivity contribution in [2.24, 2.45) is 0 Å². The molecule has 2 N–H and O–H groups in total. The Morgan fingerprint density at radius 1 is 1.46 bits per heavy atom. The zero-order chi connectivity index (χ0) is 18.1. The van der Waals surface area contributed by atoms with Gasteiger partial charge < -0.3 is 20.1 Å². The summed E-state index contributed by atoms with van der Waals surface area (Å²) < 4.78 is 5.29. The Labute approximate surface area is 146 Å². The van der Waals surface area contributed by atoms with E-state index in [1.165, 1.54) is 12.3 Å². The molecule has 8 heteroatoms. The minimum absolute atomic E-state index is 0.0940. The van der Waals surface area contributed by atoms with Crippen LogP contribution in [0.1, 0.15) is 44.5 Å². The molecule has 0 aliphatic carbocycles. The molecule has 24 heavy (non-hydrogen) atoms. The van der Waals surface area contributed by atoms with Crippen molar-refractivity contribution >= 4 is 29.4 Å². The Kier molecular flexibility index (Phi) is 4.94. The van der Waals surface area contributed by atoms with Gasteiger partial charge in [0, 0.05) is 19.3 Å². The number of ether oxygens (including phenoxy) is 1. The molecule has 0 spiro atoms. The highest BCUT2D eigenvalue weighted by molar-refractivity contribution is 6.32. The molecule has 0 aromatic carbocycles. The van der Waals surface area contributed by atoms with Crippen LogP contribution in [0.3, 0.4) is 0 Å². The summed E-state index contributed by atoms with van der Waals surface area (Å²) in [5, 5.41) is 12.4. The number of hydrogen-bond donors (Lipinski definition) is 2. The fourth-order valence-corrected chi connectivity index (χ4v) is 2.98. The number of hydrogen-bond acceptors (Lipinski definition) is 5. The topological polar surface area (TPSA) is 91.8 Å². The number of rotatable bonds is 3. The van der Waals surface area contributed by atoms with Gasteiger partial charge >= 0.3 is 12.1 Å². The van der Waals surface area contributed by atoms with Gasteiger partial charge in [-0.25, -0.2) is 14.6 Å². The fourth-order valence-electron chi connectivity index (χ4n) is 2.71. The minimum atomic E-state index is -1.07. The molecule has 1 aromatic rings. The highest BCUT2D eigenvalue weighted by Gasteiger charge is 2.38. The molecule has 1 aliphatic heterocycles. The first-order chi connectivity index (χ1) is 11.0. The molecule has 7 nitrogen and oxygen atoms in total. The molecule has 1 aliphatic rings. The second-order valence-electron chi connectivity index (χ2n) is 7.16. The Bertz CT molecular complexity index is 659. The number of anilines is 1. The number of alkyl carbamates (subject to hydrolysis) is 1. The third-order valence-corrected chi connectivity index (χ3v) is 3.98. The standard InChI is InChI=1S/C16H22ClN3O4/c1-15(2,3)24-14(23)19-16(4)6-8-20(9-16)11-10(13(21)22)5-7-18-12(11)17/h5,7H,6,8-9H2,1-4H3,(H,19,23)(H,21,22). The molecule has 0 radical (unpaired) electrons. The maximum Gasteiger partial charge on any atom is 0.408 e. The van der Waals surface area contributed by atoms with E-state index in [-0.39, 0.29) is 10.7 Å². The SMILES string of the molecule is CC1(NC(=O)OC(C)(C)C)CCN(c2c(C(=O)O)ccnc2Cl)C1. The number of carbonyl (C=O) groups excluding carboxylic acids is 1. The van der Waals surface area contributed by atoms with E-state index >= 15 is 0 Å². The summed E-state index contributed by atoms with van der Waals surface area (Å²) in [5.74, 6) is -1.07. The summed E-state index contributed by atoms with van der Waals surface area (Å²) in [4.78, 5) is 29.2. The van der Waals surface area contributed by atoms with Crippen LogP contribution in [0.4, 0.5) is 10.5 Å². The van der Waals surface area contributed by atoms with E-state index in [0.29, 0.717) is 25.2 Å². The molecule has 0 saturated carbocycles. The number of carboxylic acids is 1. The Morgan fingerprint density at radius 2 is 2.12 bits per heavy atom. The number of amides is 1. The van der Waals surface area contributed by atoms with E-state index < -0.39 is 23.2 Å². The van der Waals surface area contributed by atoms with Gasteiger partial charge in [0.05, 0.1) is 16.8 Å². The number of carboxylic acid groups (broad SMARTS) is 1. The quantitative estimate of drug-likeness (QED) is 0.810. The largest absolute Gasteiger partial charge is 0.478 e. The second-order valence-corrected chi connectivity index (χ2v) is 7.52. The van der Waals surface area contributed by atoms with Gasteiger partial charge in [0.1, 0.15) is 5.60 Å². The van der Waals surface area contributed by atoms with Crippen molar-refractivity contribution in [2.45, 2.75) is 45.3 Å². The van der Waals surface area contributed by atoms with Crippen molar-refractivity contribution in [1.29, 1.82) is 0 Å². The summed E-state index contributed by atoms with van der Waals surface area (Å²) in [5.41, 5.74) is -0.656. The number of nitrogens with one attached hydrogen (secondary N) is 1. The Balaban J connectivity index is 2.16. The Hall–Kier alpha value is -2.02. The zero-order valence-electron chi connectivity index (χ0n) is 14.2. The maximum absolute atomic E-state index is 12.0. The lowest BCUT2D eigenvalue weighted by Gasteiger charge is -2.29. The smallest absolute Gasteiger partial charge is 0.408 e. The lowest BCUT2D eigenvalue weighted by molar-refractivity contribution is 0.0472. The van der Waals surface area contributed by atoms with Crippen molar-refractivity contribution in [3.05, 3.63) is 23.0 Å². The molecule has 1 aromatic heterocycles. The van der Waals surface area contributed by atoms with Gasteiger partial charge in [-0.1, -0.05) is 11.6 Å². The van der Waals surface area contributed by atoms with E-state index in [1.807, 2.05) is 11.8 Å². The van der Waals surface area contributed by atoms with Crippen molar-refractivity contribution in [3.8, 4) is 0 Å². The number of aromatic carboxylic acids is 1. The highest BCUT2D eigenvalue weighted by atomic mass is 35.5. The van der Waals surface area contributed by atoms with Crippen LogP contribution < -0.4 is 10.2 Å². The molecule has 2 rings (SSSR count). The van der Waals surface area contributed by atoms with Crippen LogP contribution in [0.15, 0.2) is 12.3 Å². The number of nitrogens with zero attached hydrogens (tertiary/aromatic N) is 2. The molecule has 1 saturated heterocycles. The molecule has 1 fully saturated rings. The van der Waals surface area contributed by atoms with Gasteiger partial charge in [-0.3, -0.25) is 0 Å². The van der Waals surface area contributed by atoms with E-state index in [0.717, 1.165) is 0 Å². The third-order valence-electron chi connectivity index (χ3n) is 3.70. The van der Waals surface area contributed by atoms with Crippen LogP contribution in [0.2, 0.25) is 5.15 Å². The van der Waals surface area contributed by atoms with Crippen molar-refractivity contribution in [1.82, 2.24) is 10.3 Å². The molecular formula is C16H22ClN3O4. The molecular weight excluding hydrogens is 334 g/mol. The zero-order valence-corrected chi connectivity index (χ0v) is 15.0. The first-order valence-electron chi connectivity index (χ1n) is 7.65. The average molecular weight is 356 g/mol. The monoisotopic (exact) mass is 355 g/mol. The second kappa shape index (κ2) is 6.47. The summed E-state index contributed by atoms with van der Waals surface area (Å²) in [6.45, 7) is 8.25. The molecule has 132 valence electrons. The predicted molar refractivity (Wildman–Crippen MR) is 90.8 cm³/mol. The normalized spacial score (nSPS) is 20.8. The summed E-state index contributed by atoms with van der Waals surface area (Å²) in [6, 6.07) is 1.42. The van der Waals surface area contributed by atoms with E-state index in [9.17, 15) is 14.7 Å². The molecule has 1 atom stereocenters. The fraction of sp³-hybridized carbons (Fsp3) is 0.562. The van der Waals surface area contributed by atoms with Gasteiger partial charge in [-0.15, -0.1) is 0 Å². The lowest BCUT2D eigenvalue weighted by Crippen LogP contribution is -2.49. The Morgan fingerprint density at radius 3 is 2.71 bits per heavy atom. The summed E-state index contributed by atoms with van der Waals surface area (Å²) in [7, 11) is 0. The van der Waals surface area contributed by atoms with Gasteiger partial charge in [-0.05, 0) is 40.2 Å². The average Bonchev–Trinajstić information content (AvgIpc) is 2.77. The summed E-state index contributed by atoms with van der Waals surface area (Å²) in [6.07, 6.45) is 1.50. The molecule has 1 amide bonds. The van der Waals surface area contributed by atoms with Gasteiger partial charge in [0.25, 0.3) is 0 Å². The van der Waals surface area contributed by atoms with Gasteiger partial charge in [-0.2, -0.15) is 0 Å². The molecule has 1 unspecified atom stereocenters. The van der Waals surface area contributed by atoms with Crippen LogP contribution in [-0.2, 0) is 4.74 Å². The van der Waals surface area contributed by atoms with Crippen LogP contribution in [-0.4, -0.2) is 46.4 Å². The predicted octanol–water partition coefficient (Wildman–Crippen LogP) is 2.93. The van der Waals surface area contributed by atoms with Crippen LogP contribution in [0.5, 0.6) is 0 Å². The van der Waals surface area contributed by atoms with Gasteiger partial charge in [0.2, 0.25) is 0 Å².